The van der Waals surface area contributed by atoms with E-state index in [9.17, 15) is 59.1 Å². The molecule has 0 atom stereocenters. The Morgan fingerprint density at radius 1 is 0.419 bits per heavy atom. The van der Waals surface area contributed by atoms with Crippen LogP contribution in [0.4, 0.5) is 49.4 Å². The van der Waals surface area contributed by atoms with Crippen molar-refractivity contribution in [2.24, 2.45) is 0 Å². The highest BCUT2D eigenvalue weighted by molar-refractivity contribution is 6.03. The predicted octanol–water partition coefficient (Wildman–Crippen LogP) is 11.7. The fraction of sp³-hybridized carbons (Fsp3) is 0.308. The summed E-state index contributed by atoms with van der Waals surface area (Å²) in [5, 5.41) is 51.2. The number of unbranched alkanes of at least 4 members (excludes halogenated alkanes) is 1. The maximum atomic E-state index is 14.1. The third-order valence-corrected chi connectivity index (χ3v) is 15.7. The highest BCUT2D eigenvalue weighted by Gasteiger charge is 2.27. The topological polar surface area (TPSA) is 341 Å². The summed E-state index contributed by atoms with van der Waals surface area (Å²) in [6.07, 6.45) is 2.53. The number of carbonyl (C=O) groups excluding carboxylic acids is 6. The molecule has 0 fully saturated rings. The van der Waals surface area contributed by atoms with Gasteiger partial charge in [-0.25, -0.2) is 9.59 Å². The van der Waals surface area contributed by atoms with Gasteiger partial charge in [0, 0.05) is 114 Å². The molecule has 105 heavy (non-hydrogen) atoms. The summed E-state index contributed by atoms with van der Waals surface area (Å²) in [5.41, 5.74) is 2.24. The number of hydrogen-bond acceptors (Lipinski definition) is 18. The van der Waals surface area contributed by atoms with Gasteiger partial charge in [-0.05, 0) is 186 Å². The SMILES string of the molecule is CCOc1c(C#Cc2cc(C(=O)CCCCN(C)C)ccc2CC(=O)Cc2ccc([N+](=O)[O-])cc2)c(OCC)c(C#Cc2cc(C(=O)NCCCN(C)C)ccc2NC(=O)Nc2ccc([N+](=O)[O-])cc2)c(OCC)c1C#Cc1cc(C(=O)NCCCN(C)C)ccc1NC(=O)Nc1ccc([N+](=O)[O-])cc1. The molecule has 0 spiro atoms. The zero-order chi connectivity index (χ0) is 76.1. The van der Waals surface area contributed by atoms with E-state index in [1.54, 1.807) is 39.0 Å². The molecule has 0 heterocycles. The van der Waals surface area contributed by atoms with Crippen molar-refractivity contribution in [1.29, 1.82) is 0 Å². The van der Waals surface area contributed by atoms with E-state index in [1.165, 1.54) is 109 Å². The fourth-order valence-corrected chi connectivity index (χ4v) is 10.5. The number of carbonyl (C=O) groups is 6. The van der Waals surface area contributed by atoms with Crippen molar-refractivity contribution in [1.82, 2.24) is 25.3 Å². The third-order valence-electron chi connectivity index (χ3n) is 15.7. The van der Waals surface area contributed by atoms with Gasteiger partial charge < -0.3 is 60.8 Å². The molecule has 0 bridgehead atoms. The fourth-order valence-electron chi connectivity index (χ4n) is 10.5. The number of ether oxygens (including phenoxy) is 3. The van der Waals surface area contributed by atoms with Gasteiger partial charge in [-0.3, -0.25) is 49.5 Å². The van der Waals surface area contributed by atoms with Gasteiger partial charge in [0.15, 0.2) is 23.0 Å². The van der Waals surface area contributed by atoms with Crippen LogP contribution in [0.25, 0.3) is 0 Å². The van der Waals surface area contributed by atoms with E-state index in [0.29, 0.717) is 62.1 Å². The monoisotopic (exact) mass is 1430 g/mol. The van der Waals surface area contributed by atoms with Crippen molar-refractivity contribution in [3.8, 4) is 52.8 Å². The Morgan fingerprint density at radius 3 is 1.18 bits per heavy atom. The van der Waals surface area contributed by atoms with Gasteiger partial charge in [0.05, 0.1) is 46.0 Å². The van der Waals surface area contributed by atoms with Gasteiger partial charge in [0.25, 0.3) is 28.9 Å². The minimum Gasteiger partial charge on any atom is -0.491 e. The molecule has 546 valence electrons. The van der Waals surface area contributed by atoms with Gasteiger partial charge in [-0.15, -0.1) is 0 Å². The zero-order valence-corrected chi connectivity index (χ0v) is 60.0. The number of non-ortho nitro benzene ring substituents is 3. The minimum atomic E-state index is -0.778. The molecular weight excluding hydrogens is 1340 g/mol. The first kappa shape index (κ1) is 79.8. The molecule has 7 aromatic carbocycles. The average Bonchev–Trinajstić information content (AvgIpc) is 0.762. The van der Waals surface area contributed by atoms with E-state index in [2.05, 4.69) is 67.4 Å². The number of rotatable bonds is 33. The number of ketones is 2. The summed E-state index contributed by atoms with van der Waals surface area (Å²) in [4.78, 5) is 123. The van der Waals surface area contributed by atoms with Crippen LogP contribution in [0.15, 0.2) is 127 Å². The molecule has 0 aromatic heterocycles. The van der Waals surface area contributed by atoms with E-state index in [4.69, 9.17) is 14.2 Å². The Labute approximate surface area is 609 Å². The first-order chi connectivity index (χ1) is 50.3. The number of nitro benzene ring substituents is 3. The van der Waals surface area contributed by atoms with E-state index in [1.807, 2.05) is 57.0 Å². The van der Waals surface area contributed by atoms with Crippen molar-refractivity contribution in [2.45, 2.75) is 65.7 Å². The minimum absolute atomic E-state index is 0.00251. The van der Waals surface area contributed by atoms with Crippen LogP contribution in [0.3, 0.4) is 0 Å². The standard InChI is InChI=1S/C78H84N12O15/c1-10-103-72-66(37-22-53-48-57(71(92)17-13-14-44-85(4)5)21-20-54(53)51-65(91)47-52-18-31-62(32-19-52)88(97)98)73(104-11-2)68(39-24-56-50-59(76(94)80-43-16-46-87(8)9)26-41-70(56)84-78(96)82-61-29-35-64(36-30-61)90(101)102)74(105-12-3)67(72)38-23-55-49-58(75(93)79-42-15-45-86(6)7)25-40-69(55)83-77(95)81-60-27-33-63(34-28-60)89(99)100/h18-21,25-36,40-41,48-50H,10-17,42-47,51H2,1-9H3,(H,79,93)(H,80,94)(H2,81,83,95)(H2,82,84,96). The maximum Gasteiger partial charge on any atom is 0.323 e. The van der Waals surface area contributed by atoms with E-state index in [0.717, 1.165) is 13.0 Å². The molecule has 6 N–H and O–H groups in total. The number of Topliss-reactive ketones (excluding diaryl/α,β-unsaturated/α-hetero) is 2. The van der Waals surface area contributed by atoms with Crippen molar-refractivity contribution in [3.63, 3.8) is 0 Å². The van der Waals surface area contributed by atoms with Gasteiger partial charge in [-0.1, -0.05) is 59.8 Å². The lowest BCUT2D eigenvalue weighted by atomic mass is 9.94. The van der Waals surface area contributed by atoms with Crippen LogP contribution in [-0.4, -0.2) is 160 Å². The Bertz CT molecular complexity index is 4070. The van der Waals surface area contributed by atoms with Gasteiger partial charge in [0.2, 0.25) is 0 Å². The summed E-state index contributed by atoms with van der Waals surface area (Å²) < 4.78 is 19.8. The smallest absolute Gasteiger partial charge is 0.323 e. The first-order valence-electron chi connectivity index (χ1n) is 33.9. The van der Waals surface area contributed by atoms with E-state index < -0.39 is 38.6 Å². The van der Waals surface area contributed by atoms with E-state index in [-0.39, 0.29) is 152 Å². The summed E-state index contributed by atoms with van der Waals surface area (Å²) in [6.45, 7) is 7.85. The number of urea groups is 2. The summed E-state index contributed by atoms with van der Waals surface area (Å²) in [5.74, 6) is 17.9. The molecule has 0 unspecified atom stereocenters. The predicted molar refractivity (Wildman–Crippen MR) is 402 cm³/mol. The van der Waals surface area contributed by atoms with Crippen molar-refractivity contribution < 1.29 is 57.7 Å². The summed E-state index contributed by atoms with van der Waals surface area (Å²) in [6, 6.07) is 28.3. The second kappa shape index (κ2) is 39.7. The maximum absolute atomic E-state index is 14.1. The molecule has 27 heteroatoms. The molecule has 6 amide bonds. The van der Waals surface area contributed by atoms with Crippen LogP contribution in [0.5, 0.6) is 17.2 Å². The normalized spacial score (nSPS) is 10.6. The lowest BCUT2D eigenvalue weighted by Crippen LogP contribution is -2.27. The second-order valence-corrected chi connectivity index (χ2v) is 24.6. The van der Waals surface area contributed by atoms with Crippen LogP contribution in [0.2, 0.25) is 0 Å². The van der Waals surface area contributed by atoms with Gasteiger partial charge in [-0.2, -0.15) is 0 Å². The van der Waals surface area contributed by atoms with Crippen LogP contribution >= 0.6 is 0 Å². The lowest BCUT2D eigenvalue weighted by Gasteiger charge is -2.20. The Balaban J connectivity index is 1.52. The van der Waals surface area contributed by atoms with Crippen molar-refractivity contribution >= 4 is 75.3 Å². The van der Waals surface area contributed by atoms with Crippen molar-refractivity contribution in [3.05, 3.63) is 219 Å². The second-order valence-electron chi connectivity index (χ2n) is 24.6. The summed E-state index contributed by atoms with van der Waals surface area (Å²) >= 11 is 0. The molecule has 0 saturated heterocycles. The number of nitrogens with one attached hydrogen (secondary N) is 6. The highest BCUT2D eigenvalue weighted by atomic mass is 16.6. The zero-order valence-electron chi connectivity index (χ0n) is 60.0. The van der Waals surface area contributed by atoms with Crippen LogP contribution in [0.1, 0.15) is 128 Å². The highest BCUT2D eigenvalue weighted by Crippen LogP contribution is 2.44. The van der Waals surface area contributed by atoms with Crippen molar-refractivity contribution in [2.75, 3.05) is 116 Å². The Hall–Kier alpha value is -12.5. The molecule has 7 aromatic rings. The van der Waals surface area contributed by atoms with Gasteiger partial charge >= 0.3 is 12.1 Å². The van der Waals surface area contributed by atoms with Crippen LogP contribution in [-0.2, 0) is 17.6 Å². The Morgan fingerprint density at radius 2 is 0.790 bits per heavy atom. The molecule has 0 aliphatic carbocycles. The van der Waals surface area contributed by atoms with Crippen LogP contribution in [0, 0.1) is 65.9 Å². The Kier molecular flexibility index (Phi) is 30.2. The average molecular weight is 1430 g/mol. The third kappa shape index (κ3) is 24.4. The number of nitro groups is 3. The number of nitrogens with zero attached hydrogens (tertiary/aromatic N) is 6. The number of anilines is 4. The summed E-state index contributed by atoms with van der Waals surface area (Å²) in [7, 11) is 11.5. The molecular formula is C78H84N12O15. The number of benzene rings is 7. The molecule has 27 nitrogen and oxygen atoms in total. The first-order valence-corrected chi connectivity index (χ1v) is 33.9. The number of amides is 6. The molecule has 0 aliphatic heterocycles. The lowest BCUT2D eigenvalue weighted by molar-refractivity contribution is -0.385. The quantitative estimate of drug-likeness (QED) is 0.00732. The molecule has 0 radical (unpaired) electrons. The van der Waals surface area contributed by atoms with E-state index >= 15 is 0 Å². The molecule has 0 aliphatic rings. The molecule has 0 saturated carbocycles. The van der Waals surface area contributed by atoms with Crippen LogP contribution < -0.4 is 46.1 Å². The number of hydrogen-bond donors (Lipinski definition) is 6. The molecule has 7 rings (SSSR count). The largest absolute Gasteiger partial charge is 0.491 e. The van der Waals surface area contributed by atoms with Gasteiger partial charge in [0.1, 0.15) is 22.5 Å².